The Kier molecular flexibility index (Phi) is 5.16. The van der Waals surface area contributed by atoms with Gasteiger partial charge in [-0.3, -0.25) is 9.69 Å². The first kappa shape index (κ1) is 17.7. The summed E-state index contributed by atoms with van der Waals surface area (Å²) in [5.41, 5.74) is 3.38. The van der Waals surface area contributed by atoms with E-state index in [-0.39, 0.29) is 5.91 Å². The zero-order chi connectivity index (χ0) is 18.6. The standard InChI is InChI=1S/C21H25N5O/c1-16-9-13-26-20(24-16)19(15-23-26)21(27)22-14-18-8-5-11-25(18)12-10-17-6-3-2-4-7-17/h2-4,6-7,9,13,15,18H,5,8,10-12,14H2,1H3,(H,22,27)/t18-/m0/s1. The van der Waals surface area contributed by atoms with Gasteiger partial charge in [0.2, 0.25) is 0 Å². The van der Waals surface area contributed by atoms with Gasteiger partial charge in [0.25, 0.3) is 5.91 Å². The Bertz CT molecular complexity index is 921. The lowest BCUT2D eigenvalue weighted by atomic mass is 10.1. The Balaban J connectivity index is 1.35. The van der Waals surface area contributed by atoms with E-state index < -0.39 is 0 Å². The molecule has 3 aromatic rings. The molecule has 1 saturated heterocycles. The Hall–Kier alpha value is -2.73. The van der Waals surface area contributed by atoms with Crippen LogP contribution in [0, 0.1) is 6.92 Å². The van der Waals surface area contributed by atoms with Crippen molar-refractivity contribution >= 4 is 11.6 Å². The van der Waals surface area contributed by atoms with E-state index in [1.807, 2.05) is 19.2 Å². The van der Waals surface area contributed by atoms with Gasteiger partial charge in [-0.15, -0.1) is 0 Å². The van der Waals surface area contributed by atoms with Gasteiger partial charge in [0, 0.05) is 31.0 Å². The molecular weight excluding hydrogens is 338 g/mol. The van der Waals surface area contributed by atoms with Crippen LogP contribution in [-0.4, -0.2) is 51.1 Å². The molecule has 0 spiro atoms. The van der Waals surface area contributed by atoms with Crippen LogP contribution in [0.2, 0.25) is 0 Å². The zero-order valence-corrected chi connectivity index (χ0v) is 15.6. The first-order valence-corrected chi connectivity index (χ1v) is 9.58. The van der Waals surface area contributed by atoms with Crippen LogP contribution in [0.15, 0.2) is 48.8 Å². The van der Waals surface area contributed by atoms with Crippen LogP contribution < -0.4 is 5.32 Å². The third-order valence-electron chi connectivity index (χ3n) is 5.28. The molecule has 6 nitrogen and oxygen atoms in total. The maximum absolute atomic E-state index is 12.7. The number of hydrogen-bond donors (Lipinski definition) is 1. The van der Waals surface area contributed by atoms with Crippen molar-refractivity contribution in [3.63, 3.8) is 0 Å². The molecule has 0 radical (unpaired) electrons. The number of fused-ring (bicyclic) bond motifs is 1. The van der Waals surface area contributed by atoms with E-state index in [9.17, 15) is 4.79 Å². The first-order valence-electron chi connectivity index (χ1n) is 9.58. The highest BCUT2D eigenvalue weighted by Crippen LogP contribution is 2.17. The van der Waals surface area contributed by atoms with E-state index in [0.717, 1.165) is 31.6 Å². The minimum atomic E-state index is -0.0991. The topological polar surface area (TPSA) is 62.5 Å². The number of aryl methyl sites for hydroxylation is 1. The molecule has 1 N–H and O–H groups in total. The normalized spacial score (nSPS) is 17.4. The summed E-state index contributed by atoms with van der Waals surface area (Å²) in [5.74, 6) is -0.0991. The van der Waals surface area contributed by atoms with E-state index in [0.29, 0.717) is 23.8 Å². The number of aromatic nitrogens is 3. The number of hydrogen-bond acceptors (Lipinski definition) is 4. The predicted molar refractivity (Wildman–Crippen MR) is 105 cm³/mol. The number of benzene rings is 1. The molecule has 2 aromatic heterocycles. The van der Waals surface area contributed by atoms with Gasteiger partial charge in [-0.1, -0.05) is 30.3 Å². The summed E-state index contributed by atoms with van der Waals surface area (Å²) in [7, 11) is 0. The zero-order valence-electron chi connectivity index (χ0n) is 15.6. The lowest BCUT2D eigenvalue weighted by Gasteiger charge is -2.24. The van der Waals surface area contributed by atoms with Crippen LogP contribution in [-0.2, 0) is 6.42 Å². The fourth-order valence-corrected chi connectivity index (χ4v) is 3.76. The van der Waals surface area contributed by atoms with Crippen molar-refractivity contribution in [3.8, 4) is 0 Å². The minimum Gasteiger partial charge on any atom is -0.350 e. The largest absolute Gasteiger partial charge is 0.350 e. The van der Waals surface area contributed by atoms with Gasteiger partial charge < -0.3 is 5.32 Å². The fourth-order valence-electron chi connectivity index (χ4n) is 3.76. The summed E-state index contributed by atoms with van der Waals surface area (Å²) in [6, 6.07) is 12.8. The van der Waals surface area contributed by atoms with E-state index in [1.165, 1.54) is 12.0 Å². The van der Waals surface area contributed by atoms with Crippen molar-refractivity contribution in [1.82, 2.24) is 24.8 Å². The van der Waals surface area contributed by atoms with E-state index in [2.05, 4.69) is 50.6 Å². The second-order valence-electron chi connectivity index (χ2n) is 7.17. The van der Waals surface area contributed by atoms with Gasteiger partial charge in [-0.25, -0.2) is 9.50 Å². The number of rotatable bonds is 6. The molecule has 6 heteroatoms. The Morgan fingerprint density at radius 3 is 2.96 bits per heavy atom. The summed E-state index contributed by atoms with van der Waals surface area (Å²) in [6.07, 6.45) is 6.78. The van der Waals surface area contributed by atoms with Crippen LogP contribution in [0.5, 0.6) is 0 Å². The molecule has 4 rings (SSSR count). The predicted octanol–water partition coefficient (Wildman–Crippen LogP) is 2.47. The lowest BCUT2D eigenvalue weighted by Crippen LogP contribution is -2.41. The molecule has 1 atom stereocenters. The van der Waals surface area contributed by atoms with Crippen molar-refractivity contribution in [1.29, 1.82) is 0 Å². The smallest absolute Gasteiger partial charge is 0.256 e. The Morgan fingerprint density at radius 2 is 2.11 bits per heavy atom. The molecule has 0 bridgehead atoms. The molecule has 0 unspecified atom stereocenters. The molecule has 27 heavy (non-hydrogen) atoms. The van der Waals surface area contributed by atoms with Crippen LogP contribution in [0.3, 0.4) is 0 Å². The molecule has 0 aliphatic carbocycles. The quantitative estimate of drug-likeness (QED) is 0.731. The van der Waals surface area contributed by atoms with Crippen LogP contribution >= 0.6 is 0 Å². The number of likely N-dealkylation sites (tertiary alicyclic amines) is 1. The van der Waals surface area contributed by atoms with Crippen molar-refractivity contribution in [2.45, 2.75) is 32.2 Å². The summed E-state index contributed by atoms with van der Waals surface area (Å²) in [4.78, 5) is 19.6. The second-order valence-corrected chi connectivity index (χ2v) is 7.17. The van der Waals surface area contributed by atoms with Crippen LogP contribution in [0.1, 0.15) is 34.5 Å². The molecule has 140 valence electrons. The minimum absolute atomic E-state index is 0.0991. The van der Waals surface area contributed by atoms with Gasteiger partial charge in [-0.05, 0) is 44.4 Å². The highest BCUT2D eigenvalue weighted by Gasteiger charge is 2.25. The average molecular weight is 363 g/mol. The number of nitrogens with zero attached hydrogens (tertiary/aromatic N) is 4. The maximum Gasteiger partial charge on any atom is 0.256 e. The molecule has 3 heterocycles. The third-order valence-corrected chi connectivity index (χ3v) is 5.28. The average Bonchev–Trinajstić information content (AvgIpc) is 3.31. The van der Waals surface area contributed by atoms with Crippen molar-refractivity contribution in [2.75, 3.05) is 19.6 Å². The summed E-state index contributed by atoms with van der Waals surface area (Å²) in [6.45, 7) is 4.71. The fraction of sp³-hybridized carbons (Fsp3) is 0.381. The molecule has 1 fully saturated rings. The summed E-state index contributed by atoms with van der Waals surface area (Å²) >= 11 is 0. The van der Waals surface area contributed by atoms with Gasteiger partial charge in [0.15, 0.2) is 5.65 Å². The molecular formula is C21H25N5O. The van der Waals surface area contributed by atoms with E-state index in [4.69, 9.17) is 0 Å². The van der Waals surface area contributed by atoms with Gasteiger partial charge in [-0.2, -0.15) is 5.10 Å². The second kappa shape index (κ2) is 7.88. The number of amides is 1. The Morgan fingerprint density at radius 1 is 1.26 bits per heavy atom. The Labute approximate surface area is 159 Å². The number of carbonyl (C=O) groups is 1. The first-order chi connectivity index (χ1) is 13.2. The van der Waals surface area contributed by atoms with E-state index >= 15 is 0 Å². The van der Waals surface area contributed by atoms with Crippen molar-refractivity contribution in [3.05, 3.63) is 65.6 Å². The molecule has 0 saturated carbocycles. The molecule has 1 amide bonds. The number of carbonyl (C=O) groups excluding carboxylic acids is 1. The third kappa shape index (κ3) is 4.01. The summed E-state index contributed by atoms with van der Waals surface area (Å²) < 4.78 is 1.64. The van der Waals surface area contributed by atoms with Crippen LogP contribution in [0.4, 0.5) is 0 Å². The monoisotopic (exact) mass is 363 g/mol. The van der Waals surface area contributed by atoms with Gasteiger partial charge >= 0.3 is 0 Å². The molecule has 1 aromatic carbocycles. The van der Waals surface area contributed by atoms with Crippen molar-refractivity contribution in [2.24, 2.45) is 0 Å². The number of nitrogens with one attached hydrogen (secondary N) is 1. The SMILES string of the molecule is Cc1ccn2ncc(C(=O)NC[C@@H]3CCCN3CCc3ccccc3)c2n1. The highest BCUT2D eigenvalue weighted by molar-refractivity contribution is 5.99. The van der Waals surface area contributed by atoms with Gasteiger partial charge in [0.1, 0.15) is 5.56 Å². The molecule has 1 aliphatic rings. The summed E-state index contributed by atoms with van der Waals surface area (Å²) in [5, 5.41) is 7.31. The lowest BCUT2D eigenvalue weighted by molar-refractivity contribution is 0.0942. The van der Waals surface area contributed by atoms with Crippen LogP contribution in [0.25, 0.3) is 5.65 Å². The molecule has 1 aliphatic heterocycles. The maximum atomic E-state index is 12.7. The van der Waals surface area contributed by atoms with Crippen molar-refractivity contribution < 1.29 is 4.79 Å². The van der Waals surface area contributed by atoms with E-state index in [1.54, 1.807) is 10.7 Å². The van der Waals surface area contributed by atoms with Gasteiger partial charge in [0.05, 0.1) is 6.20 Å². The highest BCUT2D eigenvalue weighted by atomic mass is 16.1.